The first-order valence-corrected chi connectivity index (χ1v) is 9.94. The smallest absolute Gasteiger partial charge is 0.274 e. The Morgan fingerprint density at radius 2 is 1.61 bits per heavy atom. The van der Waals surface area contributed by atoms with E-state index < -0.39 is 5.91 Å². The molecule has 31 heavy (non-hydrogen) atoms. The van der Waals surface area contributed by atoms with Crippen molar-refractivity contribution >= 4 is 23.6 Å². The van der Waals surface area contributed by atoms with Crippen molar-refractivity contribution in [3.05, 3.63) is 102 Å². The summed E-state index contributed by atoms with van der Waals surface area (Å²) in [5, 5.41) is 11.5. The third-order valence-corrected chi connectivity index (χ3v) is 4.54. The van der Waals surface area contributed by atoms with Crippen LogP contribution >= 0.6 is 0 Å². The van der Waals surface area contributed by atoms with Gasteiger partial charge in [-0.05, 0) is 66.4 Å². The molecule has 0 heterocycles. The number of hydroxylamine groups is 1. The topological polar surface area (TPSA) is 87.7 Å². The average Bonchev–Trinajstić information content (AvgIpc) is 2.82. The lowest BCUT2D eigenvalue weighted by Crippen LogP contribution is -2.18. The Balaban J connectivity index is 1.39. The Labute approximate surface area is 181 Å². The van der Waals surface area contributed by atoms with Crippen molar-refractivity contribution in [2.24, 2.45) is 0 Å². The maximum absolute atomic E-state index is 12.0. The molecule has 0 aliphatic rings. The van der Waals surface area contributed by atoms with Gasteiger partial charge in [-0.2, -0.15) is 0 Å². The lowest BCUT2D eigenvalue weighted by atomic mass is 10.1. The van der Waals surface area contributed by atoms with Crippen LogP contribution in [-0.2, 0) is 11.2 Å². The summed E-state index contributed by atoms with van der Waals surface area (Å²) in [6, 6.07) is 24.0. The number of hydrogen-bond acceptors (Lipinski definition) is 4. The van der Waals surface area contributed by atoms with Gasteiger partial charge in [0.15, 0.2) is 0 Å². The number of amides is 2. The number of anilines is 1. The van der Waals surface area contributed by atoms with E-state index in [1.54, 1.807) is 35.8 Å². The summed E-state index contributed by atoms with van der Waals surface area (Å²) in [6.45, 7) is 0.536. The molecule has 158 valence electrons. The minimum absolute atomic E-state index is 0.174. The van der Waals surface area contributed by atoms with Gasteiger partial charge >= 0.3 is 0 Å². The minimum atomic E-state index is -0.557. The maximum atomic E-state index is 12.0. The molecule has 6 heteroatoms. The molecule has 3 N–H and O–H groups in total. The normalized spacial score (nSPS) is 10.6. The highest BCUT2D eigenvalue weighted by Gasteiger charge is 2.04. The second-order valence-corrected chi connectivity index (χ2v) is 6.85. The van der Waals surface area contributed by atoms with Crippen molar-refractivity contribution in [2.45, 2.75) is 12.8 Å². The Morgan fingerprint density at radius 1 is 0.903 bits per heavy atom. The summed E-state index contributed by atoms with van der Waals surface area (Å²) in [5.41, 5.74) is 4.82. The van der Waals surface area contributed by atoms with Crippen molar-refractivity contribution in [2.75, 3.05) is 11.9 Å². The van der Waals surface area contributed by atoms with Crippen molar-refractivity contribution < 1.29 is 19.5 Å². The van der Waals surface area contributed by atoms with Gasteiger partial charge in [0.1, 0.15) is 5.75 Å². The van der Waals surface area contributed by atoms with Gasteiger partial charge in [-0.25, -0.2) is 5.48 Å². The standard InChI is InChI=1S/C25H24N2O4/c28-24(17-10-19-5-2-1-3-6-19)26-22-13-8-20(9-14-22)7-4-18-31-23-15-11-21(12-16-23)25(29)27-30/h1-3,5-6,8-17,30H,4,7,18H2,(H,26,28)(H,27,29). The van der Waals surface area contributed by atoms with E-state index in [0.717, 1.165) is 29.7 Å². The lowest BCUT2D eigenvalue weighted by molar-refractivity contribution is -0.111. The highest BCUT2D eigenvalue weighted by Crippen LogP contribution is 2.14. The number of benzene rings is 3. The highest BCUT2D eigenvalue weighted by molar-refractivity contribution is 6.01. The van der Waals surface area contributed by atoms with Gasteiger partial charge in [-0.15, -0.1) is 0 Å². The fourth-order valence-electron chi connectivity index (χ4n) is 2.91. The number of rotatable bonds is 9. The van der Waals surface area contributed by atoms with E-state index in [-0.39, 0.29) is 5.91 Å². The molecule has 3 aromatic rings. The fourth-order valence-corrected chi connectivity index (χ4v) is 2.91. The largest absolute Gasteiger partial charge is 0.494 e. The molecule has 2 amide bonds. The zero-order chi connectivity index (χ0) is 21.9. The first-order valence-electron chi connectivity index (χ1n) is 9.94. The van der Waals surface area contributed by atoms with E-state index in [0.29, 0.717) is 17.9 Å². The zero-order valence-corrected chi connectivity index (χ0v) is 17.0. The predicted octanol–water partition coefficient (Wildman–Crippen LogP) is 4.47. The maximum Gasteiger partial charge on any atom is 0.274 e. The second kappa shape index (κ2) is 11.3. The summed E-state index contributed by atoms with van der Waals surface area (Å²) in [6.07, 6.45) is 4.96. The van der Waals surface area contributed by atoms with Gasteiger partial charge in [0.25, 0.3) is 5.91 Å². The summed E-state index contributed by atoms with van der Waals surface area (Å²) in [7, 11) is 0. The average molecular weight is 416 g/mol. The lowest BCUT2D eigenvalue weighted by Gasteiger charge is -2.08. The van der Waals surface area contributed by atoms with Gasteiger partial charge in [-0.3, -0.25) is 14.8 Å². The molecule has 0 spiro atoms. The van der Waals surface area contributed by atoms with Gasteiger partial charge in [0, 0.05) is 17.3 Å². The van der Waals surface area contributed by atoms with Crippen LogP contribution in [0.1, 0.15) is 27.9 Å². The van der Waals surface area contributed by atoms with Crippen LogP contribution < -0.4 is 15.5 Å². The first-order chi connectivity index (χ1) is 15.1. The SMILES string of the molecule is O=C(C=Cc1ccccc1)Nc1ccc(CCCOc2ccc(C(=O)NO)cc2)cc1. The summed E-state index contributed by atoms with van der Waals surface area (Å²) < 4.78 is 5.68. The number of ether oxygens (including phenoxy) is 1. The van der Waals surface area contributed by atoms with Crippen LogP contribution in [0.25, 0.3) is 6.08 Å². The monoisotopic (exact) mass is 416 g/mol. The van der Waals surface area contributed by atoms with Crippen LogP contribution in [0.5, 0.6) is 5.75 Å². The summed E-state index contributed by atoms with van der Waals surface area (Å²) >= 11 is 0. The van der Waals surface area contributed by atoms with Crippen molar-refractivity contribution in [3.63, 3.8) is 0 Å². The third kappa shape index (κ3) is 7.13. The molecule has 3 aromatic carbocycles. The van der Waals surface area contributed by atoms with Gasteiger partial charge in [-0.1, -0.05) is 42.5 Å². The zero-order valence-electron chi connectivity index (χ0n) is 17.0. The van der Waals surface area contributed by atoms with Crippen LogP contribution in [0, 0.1) is 0 Å². The second-order valence-electron chi connectivity index (χ2n) is 6.85. The number of carbonyl (C=O) groups is 2. The van der Waals surface area contributed by atoms with Crippen LogP contribution in [0.3, 0.4) is 0 Å². The van der Waals surface area contributed by atoms with E-state index in [1.807, 2.05) is 54.6 Å². The number of aryl methyl sites for hydroxylation is 1. The van der Waals surface area contributed by atoms with E-state index in [9.17, 15) is 9.59 Å². The Bertz CT molecular complexity index is 1010. The molecule has 0 bridgehead atoms. The van der Waals surface area contributed by atoms with Gasteiger partial charge < -0.3 is 10.1 Å². The molecular weight excluding hydrogens is 392 g/mol. The minimum Gasteiger partial charge on any atom is -0.494 e. The number of carbonyl (C=O) groups excluding carboxylic acids is 2. The van der Waals surface area contributed by atoms with Crippen molar-refractivity contribution in [3.8, 4) is 5.75 Å². The molecular formula is C25H24N2O4. The molecule has 6 nitrogen and oxygen atoms in total. The number of nitrogens with one attached hydrogen (secondary N) is 2. The first kappa shape index (κ1) is 21.8. The number of hydrogen-bond donors (Lipinski definition) is 3. The third-order valence-electron chi connectivity index (χ3n) is 4.54. The Morgan fingerprint density at radius 3 is 2.29 bits per heavy atom. The van der Waals surface area contributed by atoms with E-state index in [4.69, 9.17) is 9.94 Å². The van der Waals surface area contributed by atoms with Crippen LogP contribution in [0.15, 0.2) is 84.9 Å². The van der Waals surface area contributed by atoms with Gasteiger partial charge in [0.05, 0.1) is 6.61 Å². The van der Waals surface area contributed by atoms with Crippen LogP contribution in [-0.4, -0.2) is 23.6 Å². The quantitative estimate of drug-likeness (QED) is 0.208. The van der Waals surface area contributed by atoms with E-state index in [2.05, 4.69) is 5.32 Å². The molecule has 3 rings (SSSR count). The van der Waals surface area contributed by atoms with E-state index in [1.165, 1.54) is 6.08 Å². The summed E-state index contributed by atoms with van der Waals surface area (Å²) in [5.74, 6) is -0.0676. The van der Waals surface area contributed by atoms with Crippen LogP contribution in [0.4, 0.5) is 5.69 Å². The molecule has 0 aliphatic heterocycles. The van der Waals surface area contributed by atoms with Crippen LogP contribution in [0.2, 0.25) is 0 Å². The van der Waals surface area contributed by atoms with Crippen molar-refractivity contribution in [1.82, 2.24) is 5.48 Å². The Hall–Kier alpha value is -3.90. The van der Waals surface area contributed by atoms with E-state index >= 15 is 0 Å². The summed E-state index contributed by atoms with van der Waals surface area (Å²) in [4.78, 5) is 23.3. The molecule has 0 atom stereocenters. The van der Waals surface area contributed by atoms with Crippen molar-refractivity contribution in [1.29, 1.82) is 0 Å². The van der Waals surface area contributed by atoms with Gasteiger partial charge in [0.2, 0.25) is 5.91 Å². The molecule has 0 radical (unpaired) electrons. The fraction of sp³-hybridized carbons (Fsp3) is 0.120. The highest BCUT2D eigenvalue weighted by atomic mass is 16.5. The molecule has 0 unspecified atom stereocenters. The Kier molecular flexibility index (Phi) is 7.97. The molecule has 0 saturated carbocycles. The molecule has 0 aliphatic carbocycles. The molecule has 0 aromatic heterocycles. The molecule has 0 saturated heterocycles. The molecule has 0 fully saturated rings. The predicted molar refractivity (Wildman–Crippen MR) is 120 cm³/mol.